The van der Waals surface area contributed by atoms with Gasteiger partial charge in [0.15, 0.2) is 0 Å². The van der Waals surface area contributed by atoms with E-state index in [0.717, 1.165) is 5.56 Å². The van der Waals surface area contributed by atoms with Gasteiger partial charge in [0.1, 0.15) is 17.9 Å². The van der Waals surface area contributed by atoms with Gasteiger partial charge >= 0.3 is 5.97 Å². The molecule has 0 fully saturated rings. The maximum Gasteiger partial charge on any atom is 0.340 e. The first-order valence-electron chi connectivity index (χ1n) is 9.64. The van der Waals surface area contributed by atoms with Crippen LogP contribution in [0.15, 0.2) is 67.0 Å². The molecule has 0 unspecified atom stereocenters. The number of fused-ring (bicyclic) bond motifs is 1. The fourth-order valence-corrected chi connectivity index (χ4v) is 3.31. The summed E-state index contributed by atoms with van der Waals surface area (Å²) in [5, 5.41) is 0. The normalized spacial score (nSPS) is 10.8. The lowest BCUT2D eigenvalue weighted by Crippen LogP contribution is -2.05. The van der Waals surface area contributed by atoms with Crippen LogP contribution in [0.2, 0.25) is 0 Å². The number of aromatic nitrogens is 2. The van der Waals surface area contributed by atoms with Crippen molar-refractivity contribution in [2.45, 2.75) is 6.92 Å². The van der Waals surface area contributed by atoms with Gasteiger partial charge in [0.05, 0.1) is 36.2 Å². The Morgan fingerprint density at radius 2 is 1.74 bits per heavy atom. The fourth-order valence-electron chi connectivity index (χ4n) is 3.31. The molecule has 4 aromatic rings. The number of carbonyl (C=O) groups is 2. The van der Waals surface area contributed by atoms with Gasteiger partial charge in [-0.15, -0.1) is 0 Å². The van der Waals surface area contributed by atoms with E-state index in [2.05, 4.69) is 4.98 Å². The van der Waals surface area contributed by atoms with E-state index >= 15 is 0 Å². The van der Waals surface area contributed by atoms with Gasteiger partial charge in [0.2, 0.25) is 5.78 Å². The lowest BCUT2D eigenvalue weighted by molar-refractivity contribution is 0.0529. The molecule has 0 radical (unpaired) electrons. The summed E-state index contributed by atoms with van der Waals surface area (Å²) < 4.78 is 25.2. The van der Waals surface area contributed by atoms with Crippen molar-refractivity contribution in [1.82, 2.24) is 9.38 Å². The summed E-state index contributed by atoms with van der Waals surface area (Å²) in [6, 6.07) is 15.8. The van der Waals surface area contributed by atoms with Gasteiger partial charge in [-0.05, 0) is 67.6 Å². The third-order valence-corrected chi connectivity index (χ3v) is 4.88. The van der Waals surface area contributed by atoms with E-state index in [0.29, 0.717) is 22.5 Å². The molecule has 0 aliphatic heterocycles. The van der Waals surface area contributed by atoms with Crippen molar-refractivity contribution in [2.24, 2.45) is 0 Å². The molecule has 0 spiro atoms. The number of methoxy groups -OCH3 is 1. The molecule has 4 rings (SSSR count). The van der Waals surface area contributed by atoms with Gasteiger partial charge in [-0.1, -0.05) is 0 Å². The van der Waals surface area contributed by atoms with Crippen molar-refractivity contribution in [2.75, 3.05) is 13.7 Å². The van der Waals surface area contributed by atoms with Crippen LogP contribution < -0.4 is 4.74 Å². The fraction of sp³-hybridized carbons (Fsp3) is 0.125. The first kappa shape index (κ1) is 20.3. The molecule has 7 heteroatoms. The summed E-state index contributed by atoms with van der Waals surface area (Å²) in [5.74, 6) is -0.615. The van der Waals surface area contributed by atoms with E-state index in [1.54, 1.807) is 24.5 Å². The molecule has 2 aromatic heterocycles. The standard InChI is InChI=1S/C24H19FN2O4/c1-3-31-24(29)19-12-22(23(28)16-4-8-17(25)9-5-16)27-14-26-20(13-21(19)27)15-6-10-18(30-2)11-7-15/h4-14H,3H2,1-2H3. The minimum absolute atomic E-state index is 0.202. The molecule has 0 aliphatic rings. The summed E-state index contributed by atoms with van der Waals surface area (Å²) >= 11 is 0. The van der Waals surface area contributed by atoms with Crippen LogP contribution in [0.1, 0.15) is 33.3 Å². The summed E-state index contributed by atoms with van der Waals surface area (Å²) in [7, 11) is 1.59. The Labute approximate surface area is 177 Å². The van der Waals surface area contributed by atoms with Crippen molar-refractivity contribution in [1.29, 1.82) is 0 Å². The highest BCUT2D eigenvalue weighted by Gasteiger charge is 2.22. The number of ether oxygens (including phenoxy) is 2. The van der Waals surface area contributed by atoms with Gasteiger partial charge in [0.25, 0.3) is 0 Å². The minimum Gasteiger partial charge on any atom is -0.497 e. The molecule has 0 bridgehead atoms. The lowest BCUT2D eigenvalue weighted by Gasteiger charge is -2.07. The Morgan fingerprint density at radius 1 is 1.03 bits per heavy atom. The molecule has 0 saturated carbocycles. The van der Waals surface area contributed by atoms with Gasteiger partial charge in [-0.25, -0.2) is 14.2 Å². The molecule has 156 valence electrons. The van der Waals surface area contributed by atoms with Crippen molar-refractivity contribution in [3.05, 3.63) is 89.6 Å². The van der Waals surface area contributed by atoms with Crippen LogP contribution in [0.25, 0.3) is 16.8 Å². The predicted molar refractivity (Wildman–Crippen MR) is 113 cm³/mol. The van der Waals surface area contributed by atoms with E-state index in [1.807, 2.05) is 24.3 Å². The lowest BCUT2D eigenvalue weighted by atomic mass is 10.1. The molecule has 0 amide bonds. The minimum atomic E-state index is -0.537. The van der Waals surface area contributed by atoms with Crippen LogP contribution in [0.4, 0.5) is 4.39 Å². The summed E-state index contributed by atoms with van der Waals surface area (Å²) in [6.45, 7) is 1.92. The molecule has 6 nitrogen and oxygen atoms in total. The number of carbonyl (C=O) groups excluding carboxylic acids is 2. The predicted octanol–water partition coefficient (Wildman–Crippen LogP) is 4.56. The maximum atomic E-state index is 13.3. The van der Waals surface area contributed by atoms with Crippen LogP contribution in [-0.2, 0) is 4.74 Å². The zero-order valence-corrected chi connectivity index (χ0v) is 17.0. The third kappa shape index (κ3) is 3.90. The van der Waals surface area contributed by atoms with Crippen molar-refractivity contribution in [3.63, 3.8) is 0 Å². The van der Waals surface area contributed by atoms with Crippen molar-refractivity contribution >= 4 is 17.3 Å². The third-order valence-electron chi connectivity index (χ3n) is 4.88. The molecule has 0 N–H and O–H groups in total. The quantitative estimate of drug-likeness (QED) is 0.339. The Balaban J connectivity index is 1.84. The van der Waals surface area contributed by atoms with E-state index in [1.165, 1.54) is 36.7 Å². The van der Waals surface area contributed by atoms with Crippen LogP contribution >= 0.6 is 0 Å². The molecule has 2 heterocycles. The topological polar surface area (TPSA) is 69.9 Å². The number of halogens is 1. The highest BCUT2D eigenvalue weighted by Crippen LogP contribution is 2.26. The second-order valence-electron chi connectivity index (χ2n) is 6.76. The Kier molecular flexibility index (Phi) is 5.49. The Morgan fingerprint density at radius 3 is 2.39 bits per heavy atom. The maximum absolute atomic E-state index is 13.3. The van der Waals surface area contributed by atoms with Crippen LogP contribution in [0.5, 0.6) is 5.75 Å². The molecular weight excluding hydrogens is 399 g/mol. The molecule has 0 saturated heterocycles. The number of benzene rings is 2. The first-order valence-corrected chi connectivity index (χ1v) is 9.64. The van der Waals surface area contributed by atoms with E-state index < -0.39 is 11.8 Å². The zero-order chi connectivity index (χ0) is 22.0. The monoisotopic (exact) mass is 418 g/mol. The second kappa shape index (κ2) is 8.39. The molecular formula is C24H19FN2O4. The van der Waals surface area contributed by atoms with Gasteiger partial charge < -0.3 is 9.47 Å². The van der Waals surface area contributed by atoms with Crippen LogP contribution in [0.3, 0.4) is 0 Å². The van der Waals surface area contributed by atoms with Crippen molar-refractivity contribution in [3.8, 4) is 17.0 Å². The van der Waals surface area contributed by atoms with E-state index in [4.69, 9.17) is 9.47 Å². The number of rotatable bonds is 6. The second-order valence-corrected chi connectivity index (χ2v) is 6.76. The number of ketones is 1. The number of hydrogen-bond donors (Lipinski definition) is 0. The number of esters is 1. The largest absolute Gasteiger partial charge is 0.497 e. The average molecular weight is 418 g/mol. The van der Waals surface area contributed by atoms with E-state index in [9.17, 15) is 14.0 Å². The van der Waals surface area contributed by atoms with Gasteiger partial charge in [-0.2, -0.15) is 0 Å². The highest BCUT2D eigenvalue weighted by atomic mass is 19.1. The first-order chi connectivity index (χ1) is 15.0. The molecule has 31 heavy (non-hydrogen) atoms. The highest BCUT2D eigenvalue weighted by molar-refractivity contribution is 6.11. The molecule has 0 atom stereocenters. The average Bonchev–Trinajstić information content (AvgIpc) is 3.18. The van der Waals surface area contributed by atoms with Gasteiger partial charge in [-0.3, -0.25) is 9.20 Å². The number of nitrogens with zero attached hydrogens (tertiary/aromatic N) is 2. The summed E-state index contributed by atoms with van der Waals surface area (Å²) in [5.41, 5.74) is 2.73. The smallest absolute Gasteiger partial charge is 0.340 e. The van der Waals surface area contributed by atoms with Crippen molar-refractivity contribution < 1.29 is 23.5 Å². The van der Waals surface area contributed by atoms with E-state index in [-0.39, 0.29) is 23.6 Å². The zero-order valence-electron chi connectivity index (χ0n) is 17.0. The summed E-state index contributed by atoms with van der Waals surface area (Å²) in [6.07, 6.45) is 1.49. The van der Waals surface area contributed by atoms with Crippen LogP contribution in [0, 0.1) is 5.82 Å². The SMILES string of the molecule is CCOC(=O)c1cc(C(=O)c2ccc(F)cc2)n2cnc(-c3ccc(OC)cc3)cc12. The van der Waals surface area contributed by atoms with Gasteiger partial charge in [0, 0.05) is 11.1 Å². The number of hydrogen-bond acceptors (Lipinski definition) is 5. The summed E-state index contributed by atoms with van der Waals surface area (Å²) in [4.78, 5) is 30.1. The Hall–Kier alpha value is -4.00. The van der Waals surface area contributed by atoms with Crippen LogP contribution in [-0.4, -0.2) is 34.9 Å². The molecule has 0 aliphatic carbocycles. The molecule has 2 aromatic carbocycles. The Bertz CT molecular complexity index is 1260.